The Labute approximate surface area is 109 Å². The molecule has 2 rings (SSSR count). The van der Waals surface area contributed by atoms with Gasteiger partial charge in [0, 0.05) is 30.3 Å². The van der Waals surface area contributed by atoms with Gasteiger partial charge in [-0.2, -0.15) is 0 Å². The lowest BCUT2D eigenvalue weighted by atomic mass is 9.95. The zero-order chi connectivity index (χ0) is 12.4. The van der Waals surface area contributed by atoms with Crippen LogP contribution in [-0.4, -0.2) is 13.1 Å². The summed E-state index contributed by atoms with van der Waals surface area (Å²) in [5, 5.41) is 0.796. The second kappa shape index (κ2) is 5.28. The maximum atomic E-state index is 6.08. The quantitative estimate of drug-likeness (QED) is 0.895. The van der Waals surface area contributed by atoms with E-state index >= 15 is 0 Å². The second-order valence-electron chi connectivity index (χ2n) is 5.22. The normalized spacial score (nSPS) is 20.3. The molecule has 1 aliphatic heterocycles. The van der Waals surface area contributed by atoms with Crippen molar-refractivity contribution in [1.29, 1.82) is 0 Å². The lowest BCUT2D eigenvalue weighted by Gasteiger charge is -2.23. The zero-order valence-corrected chi connectivity index (χ0v) is 11.4. The summed E-state index contributed by atoms with van der Waals surface area (Å²) in [6, 6.07) is 6.01. The van der Waals surface area contributed by atoms with Gasteiger partial charge in [-0.15, -0.1) is 0 Å². The Bertz CT molecular complexity index is 390. The first-order chi connectivity index (χ1) is 8.11. The van der Waals surface area contributed by atoms with Crippen molar-refractivity contribution in [1.82, 2.24) is 0 Å². The van der Waals surface area contributed by atoms with Crippen LogP contribution in [0.1, 0.15) is 25.8 Å². The van der Waals surface area contributed by atoms with Crippen molar-refractivity contribution in [3.05, 3.63) is 28.8 Å². The molecule has 1 saturated heterocycles. The molecule has 3 heteroatoms. The molecular weight excluding hydrogens is 232 g/mol. The second-order valence-corrected chi connectivity index (χ2v) is 5.65. The molecule has 1 aromatic rings. The van der Waals surface area contributed by atoms with Crippen molar-refractivity contribution < 1.29 is 0 Å². The highest BCUT2D eigenvalue weighted by Gasteiger charge is 2.26. The van der Waals surface area contributed by atoms with Gasteiger partial charge in [0.1, 0.15) is 0 Å². The van der Waals surface area contributed by atoms with Crippen LogP contribution in [0.15, 0.2) is 18.2 Å². The number of nitrogens with two attached hydrogens (primary N) is 1. The van der Waals surface area contributed by atoms with Gasteiger partial charge in [0.15, 0.2) is 0 Å². The van der Waals surface area contributed by atoms with Crippen molar-refractivity contribution in [2.75, 3.05) is 18.0 Å². The van der Waals surface area contributed by atoms with E-state index in [4.69, 9.17) is 17.3 Å². The van der Waals surface area contributed by atoms with Crippen molar-refractivity contribution in [3.8, 4) is 0 Å². The van der Waals surface area contributed by atoms with Crippen molar-refractivity contribution in [2.24, 2.45) is 17.6 Å². The van der Waals surface area contributed by atoms with E-state index in [2.05, 4.69) is 18.7 Å². The number of rotatable bonds is 3. The number of hydrogen-bond donors (Lipinski definition) is 1. The monoisotopic (exact) mass is 252 g/mol. The summed E-state index contributed by atoms with van der Waals surface area (Å²) in [6.45, 7) is 7.43. The molecule has 1 aliphatic rings. The van der Waals surface area contributed by atoms with E-state index in [1.54, 1.807) is 0 Å². The molecule has 17 heavy (non-hydrogen) atoms. The van der Waals surface area contributed by atoms with Gasteiger partial charge in [0.2, 0.25) is 0 Å². The average molecular weight is 253 g/mol. The smallest absolute Gasteiger partial charge is 0.0426 e. The third kappa shape index (κ3) is 2.75. The van der Waals surface area contributed by atoms with Crippen LogP contribution in [0.3, 0.4) is 0 Å². The first kappa shape index (κ1) is 12.7. The number of anilines is 1. The summed E-state index contributed by atoms with van der Waals surface area (Å²) >= 11 is 6.08. The number of nitrogens with zero attached hydrogens (tertiary/aromatic N) is 1. The van der Waals surface area contributed by atoms with Crippen LogP contribution in [0.5, 0.6) is 0 Å². The summed E-state index contributed by atoms with van der Waals surface area (Å²) in [6.07, 6.45) is 1.27. The largest absolute Gasteiger partial charge is 0.371 e. The van der Waals surface area contributed by atoms with Crippen LogP contribution >= 0.6 is 11.6 Å². The molecule has 0 aliphatic carbocycles. The van der Waals surface area contributed by atoms with E-state index in [0.29, 0.717) is 6.54 Å². The van der Waals surface area contributed by atoms with E-state index in [1.807, 2.05) is 18.2 Å². The van der Waals surface area contributed by atoms with E-state index in [0.717, 1.165) is 29.9 Å². The molecule has 0 amide bonds. The van der Waals surface area contributed by atoms with Crippen LogP contribution < -0.4 is 10.6 Å². The Hall–Kier alpha value is -0.730. The van der Waals surface area contributed by atoms with Crippen LogP contribution in [0.25, 0.3) is 0 Å². The van der Waals surface area contributed by atoms with E-state index in [-0.39, 0.29) is 0 Å². The first-order valence-corrected chi connectivity index (χ1v) is 6.73. The molecule has 0 aromatic heterocycles. The van der Waals surface area contributed by atoms with Crippen LogP contribution in [0.4, 0.5) is 5.69 Å². The maximum Gasteiger partial charge on any atom is 0.0426 e. The SMILES string of the molecule is CC(C)C1CCN(c2cc(Cl)ccc2CN)C1. The summed E-state index contributed by atoms with van der Waals surface area (Å²) < 4.78 is 0. The van der Waals surface area contributed by atoms with Gasteiger partial charge < -0.3 is 10.6 Å². The molecular formula is C14H21ClN2. The Balaban J connectivity index is 2.20. The fraction of sp³-hybridized carbons (Fsp3) is 0.571. The third-order valence-corrected chi connectivity index (χ3v) is 4.01. The van der Waals surface area contributed by atoms with Crippen molar-refractivity contribution in [2.45, 2.75) is 26.8 Å². The summed E-state index contributed by atoms with van der Waals surface area (Å²) in [5.74, 6) is 1.54. The minimum Gasteiger partial charge on any atom is -0.371 e. The molecule has 1 aromatic carbocycles. The highest BCUT2D eigenvalue weighted by atomic mass is 35.5. The Morgan fingerprint density at radius 2 is 2.24 bits per heavy atom. The van der Waals surface area contributed by atoms with Crippen LogP contribution in [0.2, 0.25) is 5.02 Å². The molecule has 1 heterocycles. The predicted molar refractivity (Wildman–Crippen MR) is 74.5 cm³/mol. The van der Waals surface area contributed by atoms with E-state index in [1.165, 1.54) is 17.7 Å². The Morgan fingerprint density at radius 1 is 1.47 bits per heavy atom. The molecule has 0 saturated carbocycles. The maximum absolute atomic E-state index is 6.08. The predicted octanol–water partition coefficient (Wildman–Crippen LogP) is 3.28. The molecule has 1 atom stereocenters. The lowest BCUT2D eigenvalue weighted by Crippen LogP contribution is -2.23. The molecule has 0 spiro atoms. The molecule has 2 nitrogen and oxygen atoms in total. The number of halogens is 1. The standard InChI is InChI=1S/C14H21ClN2/c1-10(2)12-5-6-17(9-12)14-7-13(15)4-3-11(14)8-16/h3-4,7,10,12H,5-6,8-9,16H2,1-2H3. The third-order valence-electron chi connectivity index (χ3n) is 3.78. The average Bonchev–Trinajstić information content (AvgIpc) is 2.78. The van der Waals surface area contributed by atoms with Crippen molar-refractivity contribution >= 4 is 17.3 Å². The molecule has 0 radical (unpaired) electrons. The minimum atomic E-state index is 0.579. The summed E-state index contributed by atoms with van der Waals surface area (Å²) in [4.78, 5) is 2.43. The zero-order valence-electron chi connectivity index (χ0n) is 10.6. The summed E-state index contributed by atoms with van der Waals surface area (Å²) in [5.41, 5.74) is 8.21. The van der Waals surface area contributed by atoms with Crippen LogP contribution in [-0.2, 0) is 6.54 Å². The molecule has 1 unspecified atom stereocenters. The van der Waals surface area contributed by atoms with Gasteiger partial charge in [-0.05, 0) is 36.0 Å². The number of benzene rings is 1. The van der Waals surface area contributed by atoms with Gasteiger partial charge in [-0.25, -0.2) is 0 Å². The van der Waals surface area contributed by atoms with Gasteiger partial charge in [-0.1, -0.05) is 31.5 Å². The van der Waals surface area contributed by atoms with Gasteiger partial charge >= 0.3 is 0 Å². The van der Waals surface area contributed by atoms with Gasteiger partial charge in [-0.3, -0.25) is 0 Å². The van der Waals surface area contributed by atoms with Crippen molar-refractivity contribution in [3.63, 3.8) is 0 Å². The molecule has 2 N–H and O–H groups in total. The van der Waals surface area contributed by atoms with E-state index in [9.17, 15) is 0 Å². The Kier molecular flexibility index (Phi) is 3.95. The van der Waals surface area contributed by atoms with E-state index < -0.39 is 0 Å². The topological polar surface area (TPSA) is 29.3 Å². The minimum absolute atomic E-state index is 0.579. The summed E-state index contributed by atoms with van der Waals surface area (Å²) in [7, 11) is 0. The first-order valence-electron chi connectivity index (χ1n) is 6.35. The highest BCUT2D eigenvalue weighted by Crippen LogP contribution is 2.32. The highest BCUT2D eigenvalue weighted by molar-refractivity contribution is 6.30. The fourth-order valence-electron chi connectivity index (χ4n) is 2.55. The molecule has 94 valence electrons. The Morgan fingerprint density at radius 3 is 2.82 bits per heavy atom. The lowest BCUT2D eigenvalue weighted by molar-refractivity contribution is 0.422. The molecule has 0 bridgehead atoms. The van der Waals surface area contributed by atoms with Crippen LogP contribution in [0, 0.1) is 11.8 Å². The fourth-order valence-corrected chi connectivity index (χ4v) is 2.72. The number of hydrogen-bond acceptors (Lipinski definition) is 2. The molecule has 1 fully saturated rings. The van der Waals surface area contributed by atoms with Gasteiger partial charge in [0.25, 0.3) is 0 Å². The van der Waals surface area contributed by atoms with Gasteiger partial charge in [0.05, 0.1) is 0 Å².